The fraction of sp³-hybridized carbons (Fsp3) is 0.200. The third-order valence-electron chi connectivity index (χ3n) is 3.21. The van der Waals surface area contributed by atoms with Crippen molar-refractivity contribution in [1.82, 2.24) is 9.97 Å². The van der Waals surface area contributed by atoms with Crippen LogP contribution in [0.4, 0.5) is 0 Å². The number of thiophene rings is 1. The molecule has 0 aliphatic rings. The summed E-state index contributed by atoms with van der Waals surface area (Å²) in [6, 6.07) is 5.64. The van der Waals surface area contributed by atoms with Gasteiger partial charge in [0, 0.05) is 12.1 Å². The number of methoxy groups -OCH3 is 2. The van der Waals surface area contributed by atoms with E-state index in [1.165, 1.54) is 0 Å². The van der Waals surface area contributed by atoms with E-state index in [9.17, 15) is 0 Å². The highest BCUT2D eigenvalue weighted by atomic mass is 35.5. The molecule has 0 atom stereocenters. The molecule has 2 heterocycles. The van der Waals surface area contributed by atoms with Crippen molar-refractivity contribution < 1.29 is 9.47 Å². The van der Waals surface area contributed by atoms with Gasteiger partial charge in [-0.2, -0.15) is 0 Å². The smallest absolute Gasteiger partial charge is 0.171 e. The molecular weight excluding hydrogens is 308 g/mol. The molecule has 0 spiro atoms. The summed E-state index contributed by atoms with van der Waals surface area (Å²) in [5.41, 5.74) is 1.83. The molecule has 108 valence electrons. The van der Waals surface area contributed by atoms with Crippen molar-refractivity contribution in [2.45, 2.75) is 6.92 Å². The van der Waals surface area contributed by atoms with Gasteiger partial charge in [-0.25, -0.2) is 9.97 Å². The first kappa shape index (κ1) is 14.1. The first-order valence-corrected chi connectivity index (χ1v) is 7.53. The molecule has 0 fully saturated rings. The van der Waals surface area contributed by atoms with E-state index in [0.29, 0.717) is 33.4 Å². The van der Waals surface area contributed by atoms with Crippen molar-refractivity contribution >= 4 is 33.8 Å². The third kappa shape index (κ3) is 2.43. The number of fused-ring (bicyclic) bond motifs is 1. The van der Waals surface area contributed by atoms with Gasteiger partial charge in [-0.05, 0) is 23.9 Å². The van der Waals surface area contributed by atoms with Crippen LogP contribution in [0.25, 0.3) is 21.6 Å². The normalized spacial score (nSPS) is 10.9. The Balaban J connectivity index is 2.30. The third-order valence-corrected chi connectivity index (χ3v) is 4.50. The minimum absolute atomic E-state index is 0.377. The number of rotatable bonds is 3. The molecule has 2 aromatic heterocycles. The largest absolute Gasteiger partial charge is 0.497 e. The number of hydrogen-bond donors (Lipinski definition) is 0. The van der Waals surface area contributed by atoms with E-state index in [-0.39, 0.29) is 0 Å². The molecule has 0 unspecified atom stereocenters. The molecule has 0 amide bonds. The Morgan fingerprint density at radius 1 is 1.14 bits per heavy atom. The van der Waals surface area contributed by atoms with E-state index in [2.05, 4.69) is 9.97 Å². The fourth-order valence-corrected chi connectivity index (χ4v) is 3.27. The summed E-state index contributed by atoms with van der Waals surface area (Å²) in [5.74, 6) is 1.89. The highest BCUT2D eigenvalue weighted by Gasteiger charge is 2.15. The summed E-state index contributed by atoms with van der Waals surface area (Å²) in [5, 5.41) is 3.08. The molecular formula is C15H13ClN2O2S. The topological polar surface area (TPSA) is 44.2 Å². The van der Waals surface area contributed by atoms with Gasteiger partial charge in [0.25, 0.3) is 0 Å². The second kappa shape index (κ2) is 5.50. The molecule has 0 saturated carbocycles. The fourth-order valence-electron chi connectivity index (χ4n) is 2.14. The number of ether oxygens (including phenoxy) is 2. The highest BCUT2D eigenvalue weighted by molar-refractivity contribution is 7.13. The summed E-state index contributed by atoms with van der Waals surface area (Å²) >= 11 is 7.94. The molecule has 21 heavy (non-hydrogen) atoms. The lowest BCUT2D eigenvalue weighted by Gasteiger charge is -2.10. The predicted molar refractivity (Wildman–Crippen MR) is 85.7 cm³/mol. The van der Waals surface area contributed by atoms with E-state index < -0.39 is 0 Å². The van der Waals surface area contributed by atoms with Crippen LogP contribution in [0.3, 0.4) is 0 Å². The summed E-state index contributed by atoms with van der Waals surface area (Å²) in [4.78, 5) is 10.0. The number of halogens is 1. The minimum atomic E-state index is 0.377. The molecule has 3 rings (SSSR count). The molecule has 0 aliphatic carbocycles. The Morgan fingerprint density at radius 2 is 1.95 bits per heavy atom. The Bertz CT molecular complexity index is 817. The van der Waals surface area contributed by atoms with Crippen molar-refractivity contribution in [2.24, 2.45) is 0 Å². The van der Waals surface area contributed by atoms with Gasteiger partial charge >= 0.3 is 0 Å². The van der Waals surface area contributed by atoms with Gasteiger partial charge in [-0.3, -0.25) is 0 Å². The molecule has 1 aromatic carbocycles. The second-order valence-corrected chi connectivity index (χ2v) is 5.77. The standard InChI is InChI=1S/C15H13ClN2O2S/c1-8-4-5-21-13(8)15-17-10-6-9(19-2)7-11(20-3)12(10)14(16)18-15/h4-7H,1-3H3. The zero-order valence-electron chi connectivity index (χ0n) is 11.8. The quantitative estimate of drug-likeness (QED) is 0.673. The lowest BCUT2D eigenvalue weighted by atomic mass is 10.2. The lowest BCUT2D eigenvalue weighted by molar-refractivity contribution is 0.398. The number of aryl methyl sites for hydroxylation is 1. The molecule has 4 nitrogen and oxygen atoms in total. The number of aromatic nitrogens is 2. The molecule has 0 saturated heterocycles. The second-order valence-electron chi connectivity index (χ2n) is 4.49. The molecule has 0 bridgehead atoms. The van der Waals surface area contributed by atoms with Crippen molar-refractivity contribution in [3.63, 3.8) is 0 Å². The van der Waals surface area contributed by atoms with Crippen LogP contribution in [0, 0.1) is 6.92 Å². The average Bonchev–Trinajstić information content (AvgIpc) is 2.91. The Labute approximate surface area is 131 Å². The van der Waals surface area contributed by atoms with Gasteiger partial charge in [-0.1, -0.05) is 11.6 Å². The zero-order chi connectivity index (χ0) is 15.0. The van der Waals surface area contributed by atoms with Gasteiger partial charge < -0.3 is 9.47 Å². The van der Waals surface area contributed by atoms with Gasteiger partial charge in [0.2, 0.25) is 0 Å². The molecule has 3 aromatic rings. The molecule has 0 radical (unpaired) electrons. The Hall–Kier alpha value is -1.85. The van der Waals surface area contributed by atoms with Gasteiger partial charge in [-0.15, -0.1) is 11.3 Å². The molecule has 0 aliphatic heterocycles. The summed E-state index contributed by atoms with van der Waals surface area (Å²) in [7, 11) is 3.19. The number of hydrogen-bond acceptors (Lipinski definition) is 5. The Morgan fingerprint density at radius 3 is 2.57 bits per heavy atom. The van der Waals surface area contributed by atoms with Gasteiger partial charge in [0.15, 0.2) is 5.82 Å². The first-order chi connectivity index (χ1) is 10.1. The summed E-state index contributed by atoms with van der Waals surface area (Å²) in [6.07, 6.45) is 0. The summed E-state index contributed by atoms with van der Waals surface area (Å²) in [6.45, 7) is 2.03. The van der Waals surface area contributed by atoms with Gasteiger partial charge in [0.05, 0.1) is 30.0 Å². The van der Waals surface area contributed by atoms with Crippen molar-refractivity contribution in [2.75, 3.05) is 14.2 Å². The van der Waals surface area contributed by atoms with E-state index in [0.717, 1.165) is 10.4 Å². The summed E-state index contributed by atoms with van der Waals surface area (Å²) < 4.78 is 10.6. The van der Waals surface area contributed by atoms with Crippen molar-refractivity contribution in [3.05, 3.63) is 34.3 Å². The number of nitrogens with zero attached hydrogens (tertiary/aromatic N) is 2. The van der Waals surface area contributed by atoms with E-state index in [1.807, 2.05) is 24.4 Å². The average molecular weight is 321 g/mol. The molecule has 0 N–H and O–H groups in total. The minimum Gasteiger partial charge on any atom is -0.497 e. The van der Waals surface area contributed by atoms with Gasteiger partial charge in [0.1, 0.15) is 16.7 Å². The van der Waals surface area contributed by atoms with Crippen LogP contribution in [0.1, 0.15) is 5.56 Å². The van der Waals surface area contributed by atoms with Crippen LogP contribution in [0.5, 0.6) is 11.5 Å². The Kier molecular flexibility index (Phi) is 3.69. The van der Waals surface area contributed by atoms with Crippen LogP contribution in [-0.4, -0.2) is 24.2 Å². The monoisotopic (exact) mass is 320 g/mol. The first-order valence-electron chi connectivity index (χ1n) is 6.27. The predicted octanol–water partition coefficient (Wildman–Crippen LogP) is 4.34. The van der Waals surface area contributed by atoms with Crippen LogP contribution >= 0.6 is 22.9 Å². The van der Waals surface area contributed by atoms with Crippen LogP contribution < -0.4 is 9.47 Å². The van der Waals surface area contributed by atoms with Crippen molar-refractivity contribution in [1.29, 1.82) is 0 Å². The van der Waals surface area contributed by atoms with Crippen molar-refractivity contribution in [3.8, 4) is 22.2 Å². The van der Waals surface area contributed by atoms with E-state index in [1.54, 1.807) is 31.6 Å². The van der Waals surface area contributed by atoms with Crippen LogP contribution in [0.15, 0.2) is 23.6 Å². The van der Waals surface area contributed by atoms with E-state index in [4.69, 9.17) is 21.1 Å². The maximum absolute atomic E-state index is 6.34. The number of benzene rings is 1. The highest BCUT2D eigenvalue weighted by Crippen LogP contribution is 2.36. The maximum Gasteiger partial charge on any atom is 0.171 e. The maximum atomic E-state index is 6.34. The SMILES string of the molecule is COc1cc(OC)c2c(Cl)nc(-c3sccc3C)nc2c1. The van der Waals surface area contributed by atoms with Crippen LogP contribution in [-0.2, 0) is 0 Å². The van der Waals surface area contributed by atoms with E-state index >= 15 is 0 Å². The van der Waals surface area contributed by atoms with Crippen LogP contribution in [0.2, 0.25) is 5.15 Å². The molecule has 6 heteroatoms. The lowest BCUT2D eigenvalue weighted by Crippen LogP contribution is -1.95. The zero-order valence-corrected chi connectivity index (χ0v) is 13.4.